The quantitative estimate of drug-likeness (QED) is 0.676. The Morgan fingerprint density at radius 3 is 2.38 bits per heavy atom. The molecule has 0 fully saturated rings. The van der Waals surface area contributed by atoms with E-state index in [0.717, 1.165) is 35.7 Å². The predicted octanol–water partition coefficient (Wildman–Crippen LogP) is 3.48. The number of ether oxygens (including phenoxy) is 2. The van der Waals surface area contributed by atoms with Crippen LogP contribution in [0.4, 0.5) is 5.69 Å². The predicted molar refractivity (Wildman–Crippen MR) is 105 cm³/mol. The Kier molecular flexibility index (Phi) is 7.48. The molecule has 5 heteroatoms. The van der Waals surface area contributed by atoms with Crippen LogP contribution in [0.5, 0.6) is 11.5 Å². The summed E-state index contributed by atoms with van der Waals surface area (Å²) >= 11 is 0. The monoisotopic (exact) mass is 356 g/mol. The zero-order chi connectivity index (χ0) is 18.9. The van der Waals surface area contributed by atoms with E-state index < -0.39 is 0 Å². The maximum Gasteiger partial charge on any atom is 0.225 e. The van der Waals surface area contributed by atoms with Crippen molar-refractivity contribution in [2.75, 3.05) is 32.6 Å². The third-order valence-corrected chi connectivity index (χ3v) is 4.36. The Morgan fingerprint density at radius 1 is 0.923 bits per heavy atom. The Morgan fingerprint density at radius 2 is 1.69 bits per heavy atom. The minimum absolute atomic E-state index is 0.0202. The lowest BCUT2D eigenvalue weighted by Gasteiger charge is -2.10. The highest BCUT2D eigenvalue weighted by atomic mass is 16.5. The van der Waals surface area contributed by atoms with E-state index in [2.05, 4.69) is 17.6 Å². The van der Waals surface area contributed by atoms with Gasteiger partial charge in [-0.1, -0.05) is 12.1 Å². The van der Waals surface area contributed by atoms with E-state index >= 15 is 0 Å². The molecule has 2 N–H and O–H groups in total. The standard InChI is InChI=1S/C21H28N2O3/c1-15-5-7-18(13-16(15)2)23-21(24)10-12-22-11-9-17-6-8-19(25-3)20(14-17)26-4/h5-8,13-14,22H,9-12H2,1-4H3,(H,23,24). The summed E-state index contributed by atoms with van der Waals surface area (Å²) < 4.78 is 10.5. The number of benzene rings is 2. The fraction of sp³-hybridized carbons (Fsp3) is 0.381. The van der Waals surface area contributed by atoms with Gasteiger partial charge in [0.2, 0.25) is 5.91 Å². The van der Waals surface area contributed by atoms with Crippen LogP contribution in [0.2, 0.25) is 0 Å². The molecule has 2 aromatic rings. The van der Waals surface area contributed by atoms with Gasteiger partial charge >= 0.3 is 0 Å². The summed E-state index contributed by atoms with van der Waals surface area (Å²) in [4.78, 5) is 12.0. The molecule has 0 aliphatic carbocycles. The normalized spacial score (nSPS) is 10.5. The third kappa shape index (κ3) is 5.77. The summed E-state index contributed by atoms with van der Waals surface area (Å²) in [5, 5.41) is 6.24. The summed E-state index contributed by atoms with van der Waals surface area (Å²) in [7, 11) is 3.26. The molecule has 0 spiro atoms. The first-order valence-electron chi connectivity index (χ1n) is 8.82. The van der Waals surface area contributed by atoms with Crippen molar-refractivity contribution in [1.82, 2.24) is 5.32 Å². The van der Waals surface area contributed by atoms with Crippen LogP contribution in [0.25, 0.3) is 0 Å². The molecule has 1 amide bonds. The van der Waals surface area contributed by atoms with Gasteiger partial charge in [-0.3, -0.25) is 4.79 Å². The van der Waals surface area contributed by atoms with Gasteiger partial charge in [0.1, 0.15) is 0 Å². The molecule has 0 heterocycles. The van der Waals surface area contributed by atoms with Gasteiger partial charge in [0.05, 0.1) is 14.2 Å². The largest absolute Gasteiger partial charge is 0.493 e. The average Bonchev–Trinajstić information content (AvgIpc) is 2.64. The molecule has 0 saturated carbocycles. The number of amides is 1. The second-order valence-electron chi connectivity index (χ2n) is 6.29. The van der Waals surface area contributed by atoms with E-state index in [0.29, 0.717) is 13.0 Å². The molecule has 0 aliphatic heterocycles. The van der Waals surface area contributed by atoms with Gasteiger partial charge < -0.3 is 20.1 Å². The molecule has 0 radical (unpaired) electrons. The zero-order valence-electron chi connectivity index (χ0n) is 16.0. The minimum Gasteiger partial charge on any atom is -0.493 e. The van der Waals surface area contributed by atoms with E-state index in [1.54, 1.807) is 14.2 Å². The number of methoxy groups -OCH3 is 2. The lowest BCUT2D eigenvalue weighted by Crippen LogP contribution is -2.23. The van der Waals surface area contributed by atoms with E-state index in [1.807, 2.05) is 43.3 Å². The maximum atomic E-state index is 12.0. The van der Waals surface area contributed by atoms with Crippen LogP contribution in [0.1, 0.15) is 23.1 Å². The summed E-state index contributed by atoms with van der Waals surface area (Å²) in [6, 6.07) is 11.9. The average molecular weight is 356 g/mol. The maximum absolute atomic E-state index is 12.0. The molecular weight excluding hydrogens is 328 g/mol. The number of nitrogens with one attached hydrogen (secondary N) is 2. The fourth-order valence-corrected chi connectivity index (χ4v) is 2.64. The number of hydrogen-bond donors (Lipinski definition) is 2. The van der Waals surface area contributed by atoms with Gasteiger partial charge in [-0.2, -0.15) is 0 Å². The van der Waals surface area contributed by atoms with Gasteiger partial charge in [0.25, 0.3) is 0 Å². The van der Waals surface area contributed by atoms with Crippen LogP contribution in [0.3, 0.4) is 0 Å². The summed E-state index contributed by atoms with van der Waals surface area (Å²) in [5.41, 5.74) is 4.41. The van der Waals surface area contributed by atoms with Gasteiger partial charge in [0.15, 0.2) is 11.5 Å². The molecule has 26 heavy (non-hydrogen) atoms. The molecule has 5 nitrogen and oxygen atoms in total. The highest BCUT2D eigenvalue weighted by Crippen LogP contribution is 2.27. The van der Waals surface area contributed by atoms with Gasteiger partial charge in [-0.25, -0.2) is 0 Å². The van der Waals surface area contributed by atoms with Crippen molar-refractivity contribution < 1.29 is 14.3 Å². The molecule has 2 rings (SSSR count). The Balaban J connectivity index is 1.70. The molecule has 0 saturated heterocycles. The number of rotatable bonds is 9. The molecule has 0 atom stereocenters. The summed E-state index contributed by atoms with van der Waals surface area (Å²) in [5.74, 6) is 1.48. The van der Waals surface area contributed by atoms with Crippen molar-refractivity contribution >= 4 is 11.6 Å². The molecule has 2 aromatic carbocycles. The van der Waals surface area contributed by atoms with Crippen molar-refractivity contribution in [3.05, 3.63) is 53.1 Å². The number of anilines is 1. The number of hydrogen-bond acceptors (Lipinski definition) is 4. The molecule has 140 valence electrons. The van der Waals surface area contributed by atoms with E-state index in [9.17, 15) is 4.79 Å². The van der Waals surface area contributed by atoms with E-state index in [-0.39, 0.29) is 5.91 Å². The Hall–Kier alpha value is -2.53. The van der Waals surface area contributed by atoms with Crippen molar-refractivity contribution in [2.45, 2.75) is 26.7 Å². The smallest absolute Gasteiger partial charge is 0.225 e. The first-order chi connectivity index (χ1) is 12.5. The fourth-order valence-electron chi connectivity index (χ4n) is 2.64. The van der Waals surface area contributed by atoms with Crippen LogP contribution in [0, 0.1) is 13.8 Å². The van der Waals surface area contributed by atoms with Gasteiger partial charge in [-0.15, -0.1) is 0 Å². The second kappa shape index (κ2) is 9.82. The summed E-state index contributed by atoms with van der Waals surface area (Å²) in [6.45, 7) is 5.54. The highest BCUT2D eigenvalue weighted by Gasteiger charge is 2.05. The highest BCUT2D eigenvalue weighted by molar-refractivity contribution is 5.90. The molecule has 0 aliphatic rings. The van der Waals surface area contributed by atoms with Crippen molar-refractivity contribution in [3.63, 3.8) is 0 Å². The minimum atomic E-state index is 0.0202. The first kappa shape index (κ1) is 19.8. The first-order valence-corrected chi connectivity index (χ1v) is 8.82. The van der Waals surface area contributed by atoms with Crippen LogP contribution in [-0.4, -0.2) is 33.2 Å². The van der Waals surface area contributed by atoms with Gasteiger partial charge in [-0.05, 0) is 67.8 Å². The number of aryl methyl sites for hydroxylation is 2. The molecule has 0 aromatic heterocycles. The molecule has 0 unspecified atom stereocenters. The van der Waals surface area contributed by atoms with Crippen LogP contribution in [-0.2, 0) is 11.2 Å². The molecular formula is C21H28N2O3. The summed E-state index contributed by atoms with van der Waals surface area (Å²) in [6.07, 6.45) is 1.30. The number of carbonyl (C=O) groups is 1. The van der Waals surface area contributed by atoms with Crippen molar-refractivity contribution in [1.29, 1.82) is 0 Å². The third-order valence-electron chi connectivity index (χ3n) is 4.36. The van der Waals surface area contributed by atoms with Gasteiger partial charge in [0, 0.05) is 18.7 Å². The zero-order valence-corrected chi connectivity index (χ0v) is 16.0. The van der Waals surface area contributed by atoms with Crippen LogP contribution < -0.4 is 20.1 Å². The Bertz CT molecular complexity index is 744. The van der Waals surface area contributed by atoms with Crippen molar-refractivity contribution in [2.24, 2.45) is 0 Å². The Labute approximate surface area is 155 Å². The number of carbonyl (C=O) groups excluding carboxylic acids is 1. The van der Waals surface area contributed by atoms with Crippen LogP contribution >= 0.6 is 0 Å². The SMILES string of the molecule is COc1ccc(CCNCCC(=O)Nc2ccc(C)c(C)c2)cc1OC. The lowest BCUT2D eigenvalue weighted by atomic mass is 10.1. The van der Waals surface area contributed by atoms with Crippen LogP contribution in [0.15, 0.2) is 36.4 Å². The van der Waals surface area contributed by atoms with Crippen molar-refractivity contribution in [3.8, 4) is 11.5 Å². The van der Waals surface area contributed by atoms with E-state index in [1.165, 1.54) is 11.1 Å². The van der Waals surface area contributed by atoms with E-state index in [4.69, 9.17) is 9.47 Å². The topological polar surface area (TPSA) is 59.6 Å². The lowest BCUT2D eigenvalue weighted by molar-refractivity contribution is -0.116. The second-order valence-corrected chi connectivity index (χ2v) is 6.29. The molecule has 0 bridgehead atoms.